The Balaban J connectivity index is 1.65. The molecule has 2 N–H and O–H groups in total. The molecule has 10 heteroatoms. The first-order valence-corrected chi connectivity index (χ1v) is 13.9. The fraction of sp³-hybridized carbons (Fsp3) is 0.0800. The van der Waals surface area contributed by atoms with E-state index in [0.717, 1.165) is 22.5 Å². The molecule has 0 fully saturated rings. The molecule has 180 valence electrons. The second-order valence-corrected chi connectivity index (χ2v) is 11.3. The Morgan fingerprint density at radius 2 is 1.60 bits per heavy atom. The van der Waals surface area contributed by atoms with Crippen LogP contribution in [-0.2, 0) is 33.9 Å². The summed E-state index contributed by atoms with van der Waals surface area (Å²) in [7, 11) is -3.77. The van der Waals surface area contributed by atoms with E-state index >= 15 is 0 Å². The van der Waals surface area contributed by atoms with Crippen molar-refractivity contribution >= 4 is 49.1 Å². The molecule has 0 aliphatic rings. The molecule has 0 radical (unpaired) electrons. The minimum absolute atomic E-state index is 0.0436. The molecule has 4 aromatic rings. The average Bonchev–Trinajstić information content (AvgIpc) is 3.34. The van der Waals surface area contributed by atoms with Crippen LogP contribution in [0.2, 0.25) is 0 Å². The number of carbonyl (C=O) groups is 1. The third-order valence-corrected chi connectivity index (χ3v) is 8.98. The van der Waals surface area contributed by atoms with E-state index in [9.17, 15) is 27.1 Å². The maximum Gasteiger partial charge on any atom is 0.335 e. The first-order chi connectivity index (χ1) is 16.8. The van der Waals surface area contributed by atoms with Gasteiger partial charge >= 0.3 is 5.97 Å². The fourth-order valence-corrected chi connectivity index (χ4v) is 6.98. The number of hydrogen-bond acceptors (Lipinski definition) is 5. The molecule has 0 spiro atoms. The molecule has 1 heterocycles. The van der Waals surface area contributed by atoms with Gasteiger partial charge in [0.25, 0.3) is 11.3 Å². The van der Waals surface area contributed by atoms with Crippen molar-refractivity contribution in [2.45, 2.75) is 22.6 Å². The third kappa shape index (κ3) is 5.51. The van der Waals surface area contributed by atoms with Crippen molar-refractivity contribution in [3.05, 3.63) is 107 Å². The number of thiophene rings is 1. The minimum atomic E-state index is -3.77. The number of rotatable bonds is 9. The molecule has 4 rings (SSSR count). The van der Waals surface area contributed by atoms with Crippen LogP contribution in [0, 0.1) is 0 Å². The van der Waals surface area contributed by atoms with Crippen molar-refractivity contribution in [3.8, 4) is 0 Å². The topological polar surface area (TPSA) is 112 Å². The molecule has 3 aromatic carbocycles. The number of hydrogen-bond donors (Lipinski definition) is 2. The lowest BCUT2D eigenvalue weighted by molar-refractivity contribution is 0.0696. The van der Waals surface area contributed by atoms with Crippen LogP contribution in [0.25, 0.3) is 0 Å². The molecule has 0 bridgehead atoms. The number of aryl methyl sites for hydroxylation is 2. The van der Waals surface area contributed by atoms with Crippen LogP contribution in [0.1, 0.15) is 21.5 Å². The van der Waals surface area contributed by atoms with Crippen LogP contribution in [0.4, 0.5) is 10.7 Å². The summed E-state index contributed by atoms with van der Waals surface area (Å²) < 4.78 is 49.7. The Hall–Kier alpha value is -3.31. The lowest BCUT2D eigenvalue weighted by Gasteiger charge is -2.21. The van der Waals surface area contributed by atoms with Crippen LogP contribution in [0.15, 0.2) is 100 Å². The predicted octanol–water partition coefficient (Wildman–Crippen LogP) is 5.34. The Morgan fingerprint density at radius 3 is 2.31 bits per heavy atom. The van der Waals surface area contributed by atoms with Gasteiger partial charge in [-0.05, 0) is 60.4 Å². The molecule has 0 saturated heterocycles. The van der Waals surface area contributed by atoms with E-state index in [-0.39, 0.29) is 15.4 Å². The SMILES string of the molecule is O=C(O)c1cccc(CCc2ccccc2N(c2cc(S(=O)(=O)c3ccccc3)cs2)S(=O)O)c1. The van der Waals surface area contributed by atoms with Crippen molar-refractivity contribution < 1.29 is 27.1 Å². The van der Waals surface area contributed by atoms with E-state index in [1.807, 2.05) is 18.2 Å². The second kappa shape index (κ2) is 10.5. The molecule has 0 saturated carbocycles. The number of aromatic carboxylic acids is 1. The lowest BCUT2D eigenvalue weighted by atomic mass is 10.0. The Kier molecular flexibility index (Phi) is 7.46. The largest absolute Gasteiger partial charge is 0.478 e. The van der Waals surface area contributed by atoms with Crippen LogP contribution in [-0.4, -0.2) is 28.3 Å². The van der Waals surface area contributed by atoms with Gasteiger partial charge in [-0.1, -0.05) is 48.5 Å². The van der Waals surface area contributed by atoms with Gasteiger partial charge in [-0.15, -0.1) is 11.3 Å². The molecule has 1 unspecified atom stereocenters. The number of anilines is 2. The normalized spacial score (nSPS) is 12.3. The zero-order valence-electron chi connectivity index (χ0n) is 18.3. The van der Waals surface area contributed by atoms with Crippen molar-refractivity contribution in [1.82, 2.24) is 0 Å². The summed E-state index contributed by atoms with van der Waals surface area (Å²) in [5.41, 5.74) is 2.24. The maximum absolute atomic E-state index is 13.0. The van der Waals surface area contributed by atoms with Crippen LogP contribution >= 0.6 is 11.3 Å². The van der Waals surface area contributed by atoms with E-state index < -0.39 is 27.1 Å². The summed E-state index contributed by atoms with van der Waals surface area (Å²) >= 11 is -1.40. The van der Waals surface area contributed by atoms with Crippen molar-refractivity contribution in [2.75, 3.05) is 4.31 Å². The highest BCUT2D eigenvalue weighted by Crippen LogP contribution is 2.37. The molecular weight excluding hydrogens is 506 g/mol. The van der Waals surface area contributed by atoms with Crippen molar-refractivity contribution in [1.29, 1.82) is 0 Å². The van der Waals surface area contributed by atoms with Crippen molar-refractivity contribution in [3.63, 3.8) is 0 Å². The van der Waals surface area contributed by atoms with E-state index in [4.69, 9.17) is 0 Å². The smallest absolute Gasteiger partial charge is 0.335 e. The summed E-state index contributed by atoms with van der Waals surface area (Å²) in [6.45, 7) is 0. The van der Waals surface area contributed by atoms with Crippen molar-refractivity contribution in [2.24, 2.45) is 0 Å². The standard InChI is InChI=1S/C25H21NO6S3/c27-25(28)20-9-6-7-18(15-20)13-14-19-8-4-5-12-23(19)26(34(29)30)24-16-22(17-33-24)35(31,32)21-10-2-1-3-11-21/h1-12,15-17H,13-14H2,(H,27,28)(H,29,30). The van der Waals surface area contributed by atoms with Gasteiger partial charge in [-0.25, -0.2) is 21.7 Å². The zero-order chi connectivity index (χ0) is 25.0. The number of carboxylic acids is 1. The zero-order valence-corrected chi connectivity index (χ0v) is 20.7. The predicted molar refractivity (Wildman–Crippen MR) is 136 cm³/mol. The monoisotopic (exact) mass is 527 g/mol. The van der Waals surface area contributed by atoms with Crippen LogP contribution in [0.5, 0.6) is 0 Å². The summed E-state index contributed by atoms with van der Waals surface area (Å²) in [6, 6.07) is 23.1. The van der Waals surface area contributed by atoms with Gasteiger partial charge < -0.3 is 5.11 Å². The molecular formula is C25H21NO6S3. The van der Waals surface area contributed by atoms with Gasteiger partial charge in [-0.2, -0.15) is 0 Å². The first kappa shape index (κ1) is 24.8. The Morgan fingerprint density at radius 1 is 0.886 bits per heavy atom. The van der Waals surface area contributed by atoms with Gasteiger partial charge in [0.2, 0.25) is 9.84 Å². The van der Waals surface area contributed by atoms with E-state index in [1.54, 1.807) is 42.5 Å². The lowest BCUT2D eigenvalue weighted by Crippen LogP contribution is -2.20. The van der Waals surface area contributed by atoms with E-state index in [1.165, 1.54) is 34.0 Å². The molecule has 7 nitrogen and oxygen atoms in total. The highest BCUT2D eigenvalue weighted by Gasteiger charge is 2.24. The Bertz CT molecular complexity index is 1480. The molecule has 0 aliphatic heterocycles. The molecule has 35 heavy (non-hydrogen) atoms. The Labute approximate surface area is 209 Å². The maximum atomic E-state index is 13.0. The van der Waals surface area contributed by atoms with Gasteiger partial charge in [0.05, 0.1) is 21.0 Å². The van der Waals surface area contributed by atoms with Gasteiger partial charge in [0.15, 0.2) is 0 Å². The molecule has 1 aromatic heterocycles. The van der Waals surface area contributed by atoms with Gasteiger partial charge in [0, 0.05) is 5.38 Å². The van der Waals surface area contributed by atoms with Crippen LogP contribution in [0.3, 0.4) is 0 Å². The fourth-order valence-electron chi connectivity index (χ4n) is 3.63. The van der Waals surface area contributed by atoms with E-state index in [2.05, 4.69) is 0 Å². The average molecular weight is 528 g/mol. The minimum Gasteiger partial charge on any atom is -0.478 e. The number of benzene rings is 3. The summed E-state index contributed by atoms with van der Waals surface area (Å²) in [5.74, 6) is -1.01. The van der Waals surface area contributed by atoms with Crippen LogP contribution < -0.4 is 4.31 Å². The quantitative estimate of drug-likeness (QED) is 0.284. The number of para-hydroxylation sites is 1. The molecule has 0 amide bonds. The third-order valence-electron chi connectivity index (χ3n) is 5.35. The summed E-state index contributed by atoms with van der Waals surface area (Å²) in [6.07, 6.45) is 0.996. The highest BCUT2D eigenvalue weighted by atomic mass is 32.2. The molecule has 1 atom stereocenters. The van der Waals surface area contributed by atoms with Gasteiger partial charge in [0.1, 0.15) is 5.00 Å². The number of carboxylic acid groups (broad SMARTS) is 1. The second-order valence-electron chi connectivity index (χ2n) is 7.60. The number of sulfone groups is 1. The summed E-state index contributed by atoms with van der Waals surface area (Å²) in [5, 5.41) is 11.0. The van der Waals surface area contributed by atoms with E-state index in [0.29, 0.717) is 23.5 Å². The van der Waals surface area contributed by atoms with Gasteiger partial charge in [-0.3, -0.25) is 4.55 Å². The molecule has 0 aliphatic carbocycles. The summed E-state index contributed by atoms with van der Waals surface area (Å²) in [4.78, 5) is 11.4. The highest BCUT2D eigenvalue weighted by molar-refractivity contribution is 7.91. The number of nitrogens with zero attached hydrogens (tertiary/aromatic N) is 1. The first-order valence-electron chi connectivity index (χ1n) is 10.5.